The number of aliphatic hydroxyl groups is 2. The number of hydrogen-bond donors (Lipinski definition) is 4. The number of alkyl carbamates (subject to hydrolysis) is 1. The molecule has 1 heterocycles. The van der Waals surface area contributed by atoms with Crippen molar-refractivity contribution in [3.63, 3.8) is 0 Å². The fourth-order valence-corrected chi connectivity index (χ4v) is 8.66. The molecule has 62 heavy (non-hydrogen) atoms. The first-order chi connectivity index (χ1) is 29.7. The molecule has 2 fully saturated rings. The zero-order valence-electron chi connectivity index (χ0n) is 38.7. The smallest absolute Gasteiger partial charge is 0.407 e. The number of ketones is 3. The lowest BCUT2D eigenvalue weighted by atomic mass is 9.82. The molecule has 9 atom stereocenters. The third-order valence-electron chi connectivity index (χ3n) is 12.2. The summed E-state index contributed by atoms with van der Waals surface area (Å²) in [5.41, 5.74) is 1.45. The Labute approximate surface area is 376 Å². The molecule has 1 saturated carbocycles. The zero-order chi connectivity index (χ0) is 46.2. The number of halogens is 1. The van der Waals surface area contributed by atoms with Gasteiger partial charge in [-0.05, 0) is 113 Å². The second kappa shape index (κ2) is 29.3. The number of Topliss-reactive ketones (excluding diaryl/α,β-unsaturated/α-hetero) is 3. The lowest BCUT2D eigenvalue weighted by Crippen LogP contribution is -2.64. The second-order valence-corrected chi connectivity index (χ2v) is 17.5. The molecule has 0 bridgehead atoms. The van der Waals surface area contributed by atoms with Crippen molar-refractivity contribution in [2.45, 2.75) is 155 Å². The Morgan fingerprint density at radius 2 is 1.79 bits per heavy atom. The van der Waals surface area contributed by atoms with Gasteiger partial charge in [-0.2, -0.15) is 0 Å². The number of amides is 1. The summed E-state index contributed by atoms with van der Waals surface area (Å²) in [7, 11) is 4.21. The number of carbonyl (C=O) groups is 4. The van der Waals surface area contributed by atoms with Gasteiger partial charge < -0.3 is 34.5 Å². The summed E-state index contributed by atoms with van der Waals surface area (Å²) in [6.07, 6.45) is 11.9. The van der Waals surface area contributed by atoms with E-state index < -0.39 is 35.6 Å². The van der Waals surface area contributed by atoms with Crippen LogP contribution in [0.1, 0.15) is 124 Å². The number of unbranched alkanes of at least 4 members (excludes halogenated alkanes) is 2. The summed E-state index contributed by atoms with van der Waals surface area (Å²) in [6, 6.07) is 7.29. The Kier molecular flexibility index (Phi) is 25.9. The number of hydrogen-bond acceptors (Lipinski definition) is 11. The Hall–Kier alpha value is -3.23. The first kappa shape index (κ1) is 54.9. The van der Waals surface area contributed by atoms with Crippen molar-refractivity contribution in [3.8, 4) is 0 Å². The summed E-state index contributed by atoms with van der Waals surface area (Å²) in [6.45, 7) is 14.6. The summed E-state index contributed by atoms with van der Waals surface area (Å²) in [5, 5.41) is 24.0. The molecule has 13 heteroatoms. The first-order valence-electron chi connectivity index (χ1n) is 22.5. The van der Waals surface area contributed by atoms with E-state index in [0.29, 0.717) is 56.4 Å². The first-order valence-corrected chi connectivity index (χ1v) is 22.9. The van der Waals surface area contributed by atoms with Crippen LogP contribution in [-0.4, -0.2) is 98.3 Å². The van der Waals surface area contributed by atoms with Crippen molar-refractivity contribution in [2.24, 2.45) is 23.7 Å². The molecule has 2 aliphatic rings. The van der Waals surface area contributed by atoms with Crippen LogP contribution in [0, 0.1) is 23.7 Å². The van der Waals surface area contributed by atoms with E-state index in [9.17, 15) is 24.3 Å². The number of aliphatic hydroxyl groups excluding tert-OH is 2. The minimum absolute atomic E-state index is 0.00576. The minimum Gasteiger partial charge on any atom is -0.441 e. The van der Waals surface area contributed by atoms with E-state index >= 15 is 0 Å². The van der Waals surface area contributed by atoms with E-state index in [1.807, 2.05) is 32.9 Å². The maximum absolute atomic E-state index is 13.8. The Morgan fingerprint density at radius 3 is 2.44 bits per heavy atom. The number of rotatable bonds is 26. The van der Waals surface area contributed by atoms with Crippen LogP contribution in [0.15, 0.2) is 60.2 Å². The van der Waals surface area contributed by atoms with Gasteiger partial charge in [0.1, 0.15) is 11.9 Å². The number of carbonyl (C=O) groups excluding carboxylic acids is 4. The average molecular weight is 890 g/mol. The monoisotopic (exact) mass is 889 g/mol. The van der Waals surface area contributed by atoms with Crippen LogP contribution in [0.25, 0.3) is 0 Å². The van der Waals surface area contributed by atoms with E-state index in [-0.39, 0.29) is 67.8 Å². The third-order valence-corrected chi connectivity index (χ3v) is 12.4. The van der Waals surface area contributed by atoms with Crippen LogP contribution in [0.5, 0.6) is 0 Å². The summed E-state index contributed by atoms with van der Waals surface area (Å²) < 4.78 is 23.3. The topological polar surface area (TPSA) is 170 Å². The highest BCUT2D eigenvalue weighted by Crippen LogP contribution is 2.33. The van der Waals surface area contributed by atoms with Crippen molar-refractivity contribution >= 4 is 35.0 Å². The molecule has 0 spiro atoms. The van der Waals surface area contributed by atoms with Gasteiger partial charge in [-0.25, -0.2) is 4.79 Å². The van der Waals surface area contributed by atoms with Gasteiger partial charge in [-0.1, -0.05) is 74.7 Å². The maximum atomic E-state index is 13.8. The number of nitrogens with one attached hydrogen (secondary N) is 2. The Balaban J connectivity index is 0.00000651. The molecule has 12 nitrogen and oxygen atoms in total. The molecule has 1 saturated heterocycles. The molecule has 5 unspecified atom stereocenters. The largest absolute Gasteiger partial charge is 0.441 e. The van der Waals surface area contributed by atoms with E-state index in [4.69, 9.17) is 35.7 Å². The van der Waals surface area contributed by atoms with Gasteiger partial charge in [-0.15, -0.1) is 6.58 Å². The summed E-state index contributed by atoms with van der Waals surface area (Å²) >= 11 is 6.19. The van der Waals surface area contributed by atoms with E-state index in [2.05, 4.69) is 43.2 Å². The quantitative estimate of drug-likeness (QED) is 0.0399. The SMILES string of the molecule is C=CC[C@H](/C=C(\C)CCCC)C(=O)CC[C@@H](C)[C@H](OC(=O)NCCCCC(=O)C(=O)C1(NCc2cccc(Cl)c2)OCC(OC)CC1C)/C(C)=C/C1CC[C@@H](O)C(OC)C1.CO. The van der Waals surface area contributed by atoms with Crippen molar-refractivity contribution in [2.75, 3.05) is 34.5 Å². The fraction of sp³-hybridized carbons (Fsp3) is 0.673. The summed E-state index contributed by atoms with van der Waals surface area (Å²) in [4.78, 5) is 54.1. The van der Waals surface area contributed by atoms with Crippen LogP contribution in [0.3, 0.4) is 0 Å². The van der Waals surface area contributed by atoms with E-state index in [0.717, 1.165) is 43.9 Å². The van der Waals surface area contributed by atoms with Gasteiger partial charge in [0.05, 0.1) is 24.9 Å². The van der Waals surface area contributed by atoms with Gasteiger partial charge in [0.2, 0.25) is 11.6 Å². The molecular weight excluding hydrogens is 812 g/mol. The van der Waals surface area contributed by atoms with Crippen molar-refractivity contribution < 1.29 is 48.3 Å². The van der Waals surface area contributed by atoms with Crippen LogP contribution >= 0.6 is 11.6 Å². The highest BCUT2D eigenvalue weighted by molar-refractivity contribution is 6.40. The van der Waals surface area contributed by atoms with Crippen LogP contribution in [-0.2, 0) is 39.9 Å². The highest BCUT2D eigenvalue weighted by Gasteiger charge is 2.50. The number of allylic oxidation sites excluding steroid dienone is 4. The van der Waals surface area contributed by atoms with Crippen LogP contribution in [0.4, 0.5) is 4.79 Å². The van der Waals surface area contributed by atoms with Gasteiger partial charge in [-0.3, -0.25) is 19.7 Å². The van der Waals surface area contributed by atoms with Crippen molar-refractivity contribution in [1.82, 2.24) is 10.6 Å². The average Bonchev–Trinajstić information content (AvgIpc) is 3.26. The van der Waals surface area contributed by atoms with Gasteiger partial charge in [0.25, 0.3) is 0 Å². The third kappa shape index (κ3) is 17.7. The summed E-state index contributed by atoms with van der Waals surface area (Å²) in [5.74, 6) is -1.62. The molecule has 1 aromatic carbocycles. The zero-order valence-corrected chi connectivity index (χ0v) is 39.5. The standard InChI is InChI=1S/C48H73ClN2O9.CH4O/c1-9-11-16-32(3)25-38(15-10-2)41(52)22-20-33(4)45(34(5)26-36-21-23-42(53)44(29-36)58-8)60-47(56)50-24-13-12-19-43(54)46(55)48(35(6)27-40(57-7)31-59-48)51-30-37-17-14-18-39(49)28-37;1-2/h10,14,17-18,25-26,28,33,35-36,38,40,42,44-45,51,53H,2,9,11-13,15-16,19-24,27,29-31H2,1,3-8H3,(H,50,56);2H,1H3/b32-25+,34-26+;/t33-,35?,36?,38-,40?,42-,44?,45+,48?;/m1./s1. The van der Waals surface area contributed by atoms with Gasteiger partial charge >= 0.3 is 6.09 Å². The molecule has 4 N–H and O–H groups in total. The van der Waals surface area contributed by atoms with E-state index in [1.165, 1.54) is 5.57 Å². The van der Waals surface area contributed by atoms with Crippen LogP contribution in [0.2, 0.25) is 5.02 Å². The molecule has 350 valence electrons. The highest BCUT2D eigenvalue weighted by atomic mass is 35.5. The molecule has 1 aliphatic carbocycles. The van der Waals surface area contributed by atoms with Crippen molar-refractivity contribution in [1.29, 1.82) is 0 Å². The fourth-order valence-electron chi connectivity index (χ4n) is 8.45. The van der Waals surface area contributed by atoms with Gasteiger partial charge in [0, 0.05) is 64.1 Å². The maximum Gasteiger partial charge on any atom is 0.407 e. The second-order valence-electron chi connectivity index (χ2n) is 17.0. The molecule has 0 radical (unpaired) electrons. The predicted octanol–water partition coefficient (Wildman–Crippen LogP) is 8.65. The molecule has 1 aliphatic heterocycles. The molecule has 0 aromatic heterocycles. The minimum atomic E-state index is -1.50. The lowest BCUT2D eigenvalue weighted by molar-refractivity contribution is -0.190. The van der Waals surface area contributed by atoms with Gasteiger partial charge in [0.15, 0.2) is 5.72 Å². The number of methoxy groups -OCH3 is 2. The van der Waals surface area contributed by atoms with Crippen LogP contribution < -0.4 is 10.6 Å². The molecule has 1 aromatic rings. The predicted molar refractivity (Wildman–Crippen MR) is 245 cm³/mol. The normalized spacial score (nSPS) is 24.5. The lowest BCUT2D eigenvalue weighted by Gasteiger charge is -2.43. The van der Waals surface area contributed by atoms with Crippen molar-refractivity contribution in [3.05, 3.63) is 70.8 Å². The molecular formula is C49H77ClN2O10. The Morgan fingerprint density at radius 1 is 1.05 bits per heavy atom. The molecule has 1 amide bonds. The Bertz CT molecular complexity index is 1620. The molecule has 3 rings (SSSR count). The number of ether oxygens (including phenoxy) is 4. The van der Waals surface area contributed by atoms with E-state index in [1.54, 1.807) is 32.4 Å². The number of benzene rings is 1.